The van der Waals surface area contributed by atoms with Crippen LogP contribution < -0.4 is 15.8 Å². The van der Waals surface area contributed by atoms with Crippen molar-refractivity contribution in [1.82, 2.24) is 4.98 Å². The number of carbonyl (C=O) groups is 1. The molecule has 0 atom stereocenters. The van der Waals surface area contributed by atoms with Crippen LogP contribution in [0.1, 0.15) is 21.5 Å². The molecule has 126 valence electrons. The topological polar surface area (TPSA) is 77.2 Å². The maximum atomic E-state index is 12.4. The second kappa shape index (κ2) is 7.59. The lowest BCUT2D eigenvalue weighted by atomic mass is 10.1. The zero-order valence-corrected chi connectivity index (χ0v) is 13.9. The van der Waals surface area contributed by atoms with E-state index in [9.17, 15) is 4.79 Å². The fourth-order valence-corrected chi connectivity index (χ4v) is 2.32. The number of benzene rings is 2. The molecule has 2 aromatic carbocycles. The Morgan fingerprint density at radius 1 is 1.16 bits per heavy atom. The van der Waals surface area contributed by atoms with Gasteiger partial charge in [0.05, 0.1) is 6.20 Å². The third-order valence-corrected chi connectivity index (χ3v) is 3.76. The number of ether oxygens (including phenoxy) is 1. The van der Waals surface area contributed by atoms with E-state index < -0.39 is 0 Å². The maximum absolute atomic E-state index is 12.4. The molecular weight excluding hydrogens is 314 g/mol. The first-order valence-corrected chi connectivity index (χ1v) is 7.94. The Kier molecular flexibility index (Phi) is 5.06. The van der Waals surface area contributed by atoms with E-state index in [4.69, 9.17) is 10.5 Å². The van der Waals surface area contributed by atoms with Crippen molar-refractivity contribution in [3.63, 3.8) is 0 Å². The van der Waals surface area contributed by atoms with Gasteiger partial charge in [0.25, 0.3) is 5.91 Å². The molecule has 5 heteroatoms. The van der Waals surface area contributed by atoms with Crippen LogP contribution in [0.4, 0.5) is 5.69 Å². The van der Waals surface area contributed by atoms with E-state index in [-0.39, 0.29) is 5.91 Å². The summed E-state index contributed by atoms with van der Waals surface area (Å²) in [6, 6.07) is 16.4. The highest BCUT2D eigenvalue weighted by Crippen LogP contribution is 2.27. The van der Waals surface area contributed by atoms with Crippen molar-refractivity contribution in [2.45, 2.75) is 13.5 Å². The molecule has 0 spiro atoms. The van der Waals surface area contributed by atoms with Gasteiger partial charge in [0.2, 0.25) is 0 Å². The minimum absolute atomic E-state index is 0.181. The summed E-state index contributed by atoms with van der Waals surface area (Å²) in [7, 11) is 0. The van der Waals surface area contributed by atoms with Crippen molar-refractivity contribution in [1.29, 1.82) is 0 Å². The van der Waals surface area contributed by atoms with Crippen LogP contribution in [0, 0.1) is 6.92 Å². The van der Waals surface area contributed by atoms with Crippen LogP contribution >= 0.6 is 0 Å². The summed E-state index contributed by atoms with van der Waals surface area (Å²) in [6.45, 7) is 2.40. The molecule has 3 rings (SSSR count). The second-order valence-electron chi connectivity index (χ2n) is 5.63. The molecular formula is C20H19N3O2. The molecule has 0 unspecified atom stereocenters. The smallest absolute Gasteiger partial charge is 0.255 e. The molecule has 1 heterocycles. The number of nitrogens with zero attached hydrogens (tertiary/aromatic N) is 1. The Bertz CT molecular complexity index is 862. The molecule has 0 aliphatic rings. The van der Waals surface area contributed by atoms with Crippen LogP contribution in [0.25, 0.3) is 0 Å². The summed E-state index contributed by atoms with van der Waals surface area (Å²) in [6.07, 6.45) is 3.33. The lowest BCUT2D eigenvalue weighted by Crippen LogP contribution is -2.12. The molecule has 0 fully saturated rings. The molecule has 25 heavy (non-hydrogen) atoms. The number of anilines is 1. The summed E-state index contributed by atoms with van der Waals surface area (Å²) in [4.78, 5) is 16.4. The van der Waals surface area contributed by atoms with E-state index in [0.717, 1.165) is 11.1 Å². The van der Waals surface area contributed by atoms with Crippen LogP contribution in [-0.4, -0.2) is 10.9 Å². The molecule has 5 nitrogen and oxygen atoms in total. The Morgan fingerprint density at radius 2 is 1.96 bits per heavy atom. The highest BCUT2D eigenvalue weighted by Gasteiger charge is 2.09. The van der Waals surface area contributed by atoms with Gasteiger partial charge in [-0.25, -0.2) is 0 Å². The van der Waals surface area contributed by atoms with Crippen LogP contribution in [0.15, 0.2) is 67.0 Å². The minimum Gasteiger partial charge on any atom is -0.455 e. The minimum atomic E-state index is -0.181. The number of nitrogens with one attached hydrogen (secondary N) is 1. The van der Waals surface area contributed by atoms with E-state index in [2.05, 4.69) is 10.3 Å². The first kappa shape index (κ1) is 16.7. The Balaban J connectivity index is 1.76. The van der Waals surface area contributed by atoms with Crippen molar-refractivity contribution in [2.75, 3.05) is 5.32 Å². The average Bonchev–Trinajstić information content (AvgIpc) is 2.65. The zero-order valence-electron chi connectivity index (χ0n) is 13.9. The highest BCUT2D eigenvalue weighted by atomic mass is 16.5. The third-order valence-electron chi connectivity index (χ3n) is 3.76. The number of aromatic nitrogens is 1. The molecule has 0 saturated heterocycles. The number of rotatable bonds is 5. The third kappa shape index (κ3) is 4.22. The quantitative estimate of drug-likeness (QED) is 0.742. The van der Waals surface area contributed by atoms with Crippen LogP contribution in [0.2, 0.25) is 0 Å². The van der Waals surface area contributed by atoms with E-state index >= 15 is 0 Å². The van der Waals surface area contributed by atoms with Crippen LogP contribution in [0.3, 0.4) is 0 Å². The van der Waals surface area contributed by atoms with Gasteiger partial charge in [-0.3, -0.25) is 9.78 Å². The lowest BCUT2D eigenvalue weighted by molar-refractivity contribution is 0.102. The molecule has 0 radical (unpaired) electrons. The molecule has 1 amide bonds. The number of hydrogen-bond acceptors (Lipinski definition) is 4. The van der Waals surface area contributed by atoms with Gasteiger partial charge in [0.15, 0.2) is 0 Å². The van der Waals surface area contributed by atoms with Gasteiger partial charge in [0.1, 0.15) is 11.5 Å². The van der Waals surface area contributed by atoms with E-state index in [1.807, 2.05) is 37.3 Å². The number of nitrogens with two attached hydrogens (primary N) is 1. The Labute approximate surface area is 146 Å². The number of amides is 1. The predicted octanol–water partition coefficient (Wildman–Crippen LogP) is 3.89. The molecule has 0 saturated carbocycles. The molecule has 0 bridgehead atoms. The van der Waals surface area contributed by atoms with Crippen molar-refractivity contribution < 1.29 is 9.53 Å². The van der Waals surface area contributed by atoms with Gasteiger partial charge >= 0.3 is 0 Å². The normalized spacial score (nSPS) is 10.3. The number of pyridine rings is 1. The monoisotopic (exact) mass is 333 g/mol. The van der Waals surface area contributed by atoms with E-state index in [1.54, 1.807) is 36.7 Å². The van der Waals surface area contributed by atoms with Crippen molar-refractivity contribution >= 4 is 11.6 Å². The number of aryl methyl sites for hydroxylation is 1. The largest absolute Gasteiger partial charge is 0.455 e. The molecule has 0 aliphatic heterocycles. The van der Waals surface area contributed by atoms with E-state index in [1.165, 1.54) is 0 Å². The van der Waals surface area contributed by atoms with Gasteiger partial charge < -0.3 is 15.8 Å². The summed E-state index contributed by atoms with van der Waals surface area (Å²) < 4.78 is 5.84. The van der Waals surface area contributed by atoms with Crippen LogP contribution in [0.5, 0.6) is 11.5 Å². The standard InChI is InChI=1S/C20H19N3O2/c1-14-4-9-17(11-19(14)25-18-3-2-10-22-13-18)23-20(24)16-7-5-15(12-21)6-8-16/h2-11,13H,12,21H2,1H3,(H,23,24). The lowest BCUT2D eigenvalue weighted by Gasteiger charge is -2.11. The van der Waals surface area contributed by atoms with Crippen molar-refractivity contribution in [2.24, 2.45) is 5.73 Å². The maximum Gasteiger partial charge on any atom is 0.255 e. The van der Waals surface area contributed by atoms with E-state index in [0.29, 0.717) is 29.3 Å². The first-order valence-electron chi connectivity index (χ1n) is 7.94. The SMILES string of the molecule is Cc1ccc(NC(=O)c2ccc(CN)cc2)cc1Oc1cccnc1. The first-order chi connectivity index (χ1) is 12.2. The number of carbonyl (C=O) groups excluding carboxylic acids is 1. The summed E-state index contributed by atoms with van der Waals surface area (Å²) in [5, 5.41) is 2.88. The molecule has 1 aromatic heterocycles. The summed E-state index contributed by atoms with van der Waals surface area (Å²) in [5.74, 6) is 1.13. The summed E-state index contributed by atoms with van der Waals surface area (Å²) >= 11 is 0. The predicted molar refractivity (Wildman–Crippen MR) is 97.8 cm³/mol. The van der Waals surface area contributed by atoms with Crippen LogP contribution in [-0.2, 0) is 6.54 Å². The van der Waals surface area contributed by atoms with Gasteiger partial charge in [-0.15, -0.1) is 0 Å². The Morgan fingerprint density at radius 3 is 2.64 bits per heavy atom. The molecule has 0 aliphatic carbocycles. The molecule has 3 N–H and O–H groups in total. The number of hydrogen-bond donors (Lipinski definition) is 2. The average molecular weight is 333 g/mol. The summed E-state index contributed by atoms with van der Waals surface area (Å²) in [5.41, 5.74) is 8.77. The van der Waals surface area contributed by atoms with Crippen molar-refractivity contribution in [3.05, 3.63) is 83.7 Å². The van der Waals surface area contributed by atoms with Crippen molar-refractivity contribution in [3.8, 4) is 11.5 Å². The van der Waals surface area contributed by atoms with Gasteiger partial charge in [-0.2, -0.15) is 0 Å². The zero-order chi connectivity index (χ0) is 17.6. The van der Waals surface area contributed by atoms with Gasteiger partial charge in [-0.05, 0) is 48.4 Å². The van der Waals surface area contributed by atoms with Gasteiger partial charge in [0, 0.05) is 30.1 Å². The Hall–Kier alpha value is -3.18. The fourth-order valence-electron chi connectivity index (χ4n) is 2.32. The second-order valence-corrected chi connectivity index (χ2v) is 5.63. The fraction of sp³-hybridized carbons (Fsp3) is 0.100. The molecule has 3 aromatic rings. The van der Waals surface area contributed by atoms with Gasteiger partial charge in [-0.1, -0.05) is 18.2 Å². The highest BCUT2D eigenvalue weighted by molar-refractivity contribution is 6.04.